The van der Waals surface area contributed by atoms with Crippen LogP contribution in [0.2, 0.25) is 0 Å². The van der Waals surface area contributed by atoms with E-state index in [0.717, 1.165) is 0 Å². The summed E-state index contributed by atoms with van der Waals surface area (Å²) in [4.78, 5) is 19.8. The fraction of sp³-hybridized carbons (Fsp3) is 0.750. The van der Waals surface area contributed by atoms with E-state index in [-0.39, 0.29) is 5.75 Å². The average molecular weight is 253 g/mol. The van der Waals surface area contributed by atoms with Crippen molar-refractivity contribution in [3.05, 3.63) is 0 Å². The number of thiol groups is 1. The summed E-state index contributed by atoms with van der Waals surface area (Å²) < 4.78 is 0. The molecule has 0 saturated carbocycles. The Morgan fingerprint density at radius 1 is 1.12 bits per heavy atom. The number of carboxylic acids is 2. The van der Waals surface area contributed by atoms with Crippen molar-refractivity contribution in [3.63, 3.8) is 0 Å². The summed E-state index contributed by atoms with van der Waals surface area (Å²) in [6.07, 6.45) is 1.14. The van der Waals surface area contributed by atoms with Crippen LogP contribution in [0.1, 0.15) is 12.8 Å². The molecular formula is C8H19N3O4S. The summed E-state index contributed by atoms with van der Waals surface area (Å²) in [5.41, 5.74) is 15.2. The van der Waals surface area contributed by atoms with E-state index in [4.69, 9.17) is 27.4 Å². The molecule has 0 aromatic heterocycles. The first-order chi connectivity index (χ1) is 7.36. The third-order valence-electron chi connectivity index (χ3n) is 1.55. The maximum atomic E-state index is 10.0. The number of aliphatic carboxylic acids is 2. The summed E-state index contributed by atoms with van der Waals surface area (Å²) in [6, 6.07) is -1.56. The van der Waals surface area contributed by atoms with Gasteiger partial charge in [-0.15, -0.1) is 0 Å². The summed E-state index contributed by atoms with van der Waals surface area (Å²) in [7, 11) is 0. The Labute approximate surface area is 99.4 Å². The Balaban J connectivity index is 0. The van der Waals surface area contributed by atoms with E-state index in [9.17, 15) is 9.59 Å². The van der Waals surface area contributed by atoms with Crippen molar-refractivity contribution in [3.8, 4) is 0 Å². The van der Waals surface area contributed by atoms with E-state index in [0.29, 0.717) is 19.4 Å². The first-order valence-electron chi connectivity index (χ1n) is 4.64. The molecule has 2 unspecified atom stereocenters. The van der Waals surface area contributed by atoms with Gasteiger partial charge >= 0.3 is 11.9 Å². The number of rotatable bonds is 6. The van der Waals surface area contributed by atoms with Gasteiger partial charge in [-0.25, -0.2) is 0 Å². The number of carbonyl (C=O) groups is 2. The number of hydrogen-bond acceptors (Lipinski definition) is 6. The number of nitrogens with two attached hydrogens (primary N) is 3. The van der Waals surface area contributed by atoms with Crippen LogP contribution in [0.5, 0.6) is 0 Å². The smallest absolute Gasteiger partial charge is 0.321 e. The van der Waals surface area contributed by atoms with Crippen LogP contribution in [0.3, 0.4) is 0 Å². The molecule has 0 heterocycles. The predicted molar refractivity (Wildman–Crippen MR) is 63.4 cm³/mol. The normalized spacial score (nSPS) is 13.2. The second-order valence-electron chi connectivity index (χ2n) is 3.00. The highest BCUT2D eigenvalue weighted by molar-refractivity contribution is 7.80. The molecule has 0 spiro atoms. The predicted octanol–water partition coefficient (Wildman–Crippen LogP) is -1.53. The Kier molecular flexibility index (Phi) is 11.7. The molecule has 0 fully saturated rings. The van der Waals surface area contributed by atoms with Crippen molar-refractivity contribution in [2.45, 2.75) is 24.9 Å². The summed E-state index contributed by atoms with van der Waals surface area (Å²) >= 11 is 3.65. The standard InChI is InChI=1S/C5H12N2O2.C3H7NO2S/c6-3-1-2-4(7)5(8)9;4-2(1-7)3(5)6/h4H,1-3,6-7H2,(H,8,9);2,7H,1,4H2,(H,5,6). The lowest BCUT2D eigenvalue weighted by molar-refractivity contribution is -0.139. The van der Waals surface area contributed by atoms with Gasteiger partial charge in [0.1, 0.15) is 12.1 Å². The van der Waals surface area contributed by atoms with Crippen LogP contribution in [0.4, 0.5) is 0 Å². The minimum atomic E-state index is -1.00. The molecule has 0 bridgehead atoms. The van der Waals surface area contributed by atoms with Crippen LogP contribution in [-0.2, 0) is 9.59 Å². The van der Waals surface area contributed by atoms with E-state index >= 15 is 0 Å². The Morgan fingerprint density at radius 3 is 1.75 bits per heavy atom. The van der Waals surface area contributed by atoms with Gasteiger partial charge in [-0.3, -0.25) is 9.59 Å². The molecule has 7 nitrogen and oxygen atoms in total. The first kappa shape index (κ1) is 17.6. The molecule has 0 amide bonds. The zero-order valence-electron chi connectivity index (χ0n) is 8.87. The average Bonchev–Trinajstić information content (AvgIpc) is 2.25. The van der Waals surface area contributed by atoms with Crippen molar-refractivity contribution >= 4 is 24.6 Å². The van der Waals surface area contributed by atoms with Gasteiger partial charge in [0, 0.05) is 5.75 Å². The lowest BCUT2D eigenvalue weighted by atomic mass is 10.2. The third-order valence-corrected chi connectivity index (χ3v) is 1.94. The highest BCUT2D eigenvalue weighted by Crippen LogP contribution is 1.91. The minimum Gasteiger partial charge on any atom is -0.480 e. The SMILES string of the molecule is NC(CS)C(=O)O.NCCCC(N)C(=O)O. The summed E-state index contributed by atoms with van der Waals surface area (Å²) in [5, 5.41) is 16.3. The maximum Gasteiger partial charge on any atom is 0.321 e. The molecule has 96 valence electrons. The fourth-order valence-corrected chi connectivity index (χ4v) is 0.696. The zero-order valence-corrected chi connectivity index (χ0v) is 9.77. The van der Waals surface area contributed by atoms with Gasteiger partial charge in [0.05, 0.1) is 0 Å². The topological polar surface area (TPSA) is 153 Å². The third kappa shape index (κ3) is 11.2. The van der Waals surface area contributed by atoms with Crippen molar-refractivity contribution in [1.29, 1.82) is 0 Å². The molecule has 0 aromatic rings. The summed E-state index contributed by atoms with van der Waals surface area (Å²) in [5.74, 6) is -1.77. The Morgan fingerprint density at radius 2 is 1.56 bits per heavy atom. The number of hydrogen-bond donors (Lipinski definition) is 6. The van der Waals surface area contributed by atoms with Gasteiger partial charge < -0.3 is 27.4 Å². The molecule has 0 saturated heterocycles. The van der Waals surface area contributed by atoms with Gasteiger partial charge in [0.25, 0.3) is 0 Å². The van der Waals surface area contributed by atoms with Crippen LogP contribution >= 0.6 is 12.6 Å². The monoisotopic (exact) mass is 253 g/mol. The fourth-order valence-electron chi connectivity index (χ4n) is 0.539. The lowest BCUT2D eigenvalue weighted by Gasteiger charge is -2.02. The van der Waals surface area contributed by atoms with E-state index in [1.54, 1.807) is 0 Å². The molecule has 0 rings (SSSR count). The van der Waals surface area contributed by atoms with Crippen molar-refractivity contribution in [2.24, 2.45) is 17.2 Å². The van der Waals surface area contributed by atoms with E-state index in [1.807, 2.05) is 0 Å². The molecule has 0 aliphatic heterocycles. The molecule has 2 atom stereocenters. The van der Waals surface area contributed by atoms with Crippen molar-refractivity contribution in [1.82, 2.24) is 0 Å². The minimum absolute atomic E-state index is 0.190. The maximum absolute atomic E-state index is 10.0. The number of carboxylic acid groups (broad SMARTS) is 2. The van der Waals surface area contributed by atoms with Gasteiger partial charge in [-0.2, -0.15) is 12.6 Å². The van der Waals surface area contributed by atoms with Crippen LogP contribution in [0, 0.1) is 0 Å². The molecule has 0 aliphatic carbocycles. The van der Waals surface area contributed by atoms with E-state index in [2.05, 4.69) is 12.6 Å². The second kappa shape index (κ2) is 10.7. The molecule has 16 heavy (non-hydrogen) atoms. The lowest BCUT2D eigenvalue weighted by Crippen LogP contribution is -2.31. The van der Waals surface area contributed by atoms with Crippen LogP contribution in [0.15, 0.2) is 0 Å². The van der Waals surface area contributed by atoms with Crippen molar-refractivity contribution < 1.29 is 19.8 Å². The molecule has 8 heteroatoms. The van der Waals surface area contributed by atoms with Gasteiger partial charge in [-0.05, 0) is 19.4 Å². The van der Waals surface area contributed by atoms with Crippen LogP contribution in [-0.4, -0.2) is 46.5 Å². The van der Waals surface area contributed by atoms with Gasteiger partial charge in [0.15, 0.2) is 0 Å². The zero-order chi connectivity index (χ0) is 13.1. The molecule has 0 aromatic carbocycles. The van der Waals surface area contributed by atoms with E-state index in [1.165, 1.54) is 0 Å². The molecule has 0 aliphatic rings. The largest absolute Gasteiger partial charge is 0.480 e. The molecular weight excluding hydrogens is 234 g/mol. The molecule has 8 N–H and O–H groups in total. The van der Waals surface area contributed by atoms with Gasteiger partial charge in [0.2, 0.25) is 0 Å². The quantitative estimate of drug-likeness (QED) is 0.314. The molecule has 0 radical (unpaired) electrons. The van der Waals surface area contributed by atoms with Crippen LogP contribution < -0.4 is 17.2 Å². The highest BCUT2D eigenvalue weighted by atomic mass is 32.1. The van der Waals surface area contributed by atoms with Crippen LogP contribution in [0.25, 0.3) is 0 Å². The Hall–Kier alpha value is -0.830. The van der Waals surface area contributed by atoms with E-state index < -0.39 is 24.0 Å². The second-order valence-corrected chi connectivity index (χ2v) is 3.37. The summed E-state index contributed by atoms with van der Waals surface area (Å²) in [6.45, 7) is 0.501. The first-order valence-corrected chi connectivity index (χ1v) is 5.27. The van der Waals surface area contributed by atoms with Crippen molar-refractivity contribution in [2.75, 3.05) is 12.3 Å². The Bertz CT molecular complexity index is 215. The van der Waals surface area contributed by atoms with Gasteiger partial charge in [-0.1, -0.05) is 0 Å². The highest BCUT2D eigenvalue weighted by Gasteiger charge is 2.08.